The van der Waals surface area contributed by atoms with Gasteiger partial charge in [-0.05, 0) is 6.92 Å². The standard InChI is InChI=1S/C8H14N2O5/c1-4-15-6-5-9(7(11)13-2)10(6)8(12)14-3/h6H,4-5H2,1-3H3/t6-/m0/s1. The molecule has 0 bridgehead atoms. The molecule has 0 unspecified atom stereocenters. The SMILES string of the molecule is CCO[C@H]1CN(C(=O)OC)N1C(=O)OC. The minimum absolute atomic E-state index is 0.287. The number of carbonyl (C=O) groups excluding carboxylic acids is 2. The maximum atomic E-state index is 11.3. The lowest BCUT2D eigenvalue weighted by atomic mass is 10.4. The first-order valence-corrected chi connectivity index (χ1v) is 4.49. The van der Waals surface area contributed by atoms with Crippen molar-refractivity contribution in [1.29, 1.82) is 0 Å². The van der Waals surface area contributed by atoms with Crippen LogP contribution in [0.2, 0.25) is 0 Å². The molecule has 0 saturated carbocycles. The van der Waals surface area contributed by atoms with Crippen molar-refractivity contribution in [2.45, 2.75) is 13.2 Å². The van der Waals surface area contributed by atoms with E-state index in [0.717, 1.165) is 10.0 Å². The smallest absolute Gasteiger partial charge is 0.431 e. The molecule has 1 aliphatic heterocycles. The Kier molecular flexibility index (Phi) is 3.73. The number of ether oxygens (including phenoxy) is 3. The zero-order chi connectivity index (χ0) is 11.4. The molecule has 86 valence electrons. The first kappa shape index (κ1) is 11.6. The summed E-state index contributed by atoms with van der Waals surface area (Å²) in [6, 6.07) is 0. The van der Waals surface area contributed by atoms with Crippen LogP contribution in [-0.2, 0) is 14.2 Å². The van der Waals surface area contributed by atoms with Gasteiger partial charge in [-0.25, -0.2) is 14.6 Å². The van der Waals surface area contributed by atoms with Crippen LogP contribution in [0.15, 0.2) is 0 Å². The summed E-state index contributed by atoms with van der Waals surface area (Å²) in [5.41, 5.74) is 0. The van der Waals surface area contributed by atoms with E-state index in [1.165, 1.54) is 14.2 Å². The van der Waals surface area contributed by atoms with E-state index in [9.17, 15) is 9.59 Å². The van der Waals surface area contributed by atoms with Crippen LogP contribution in [-0.4, -0.2) is 55.8 Å². The predicted molar refractivity (Wildman–Crippen MR) is 48.8 cm³/mol. The van der Waals surface area contributed by atoms with Gasteiger partial charge in [0.15, 0.2) is 6.23 Å². The van der Waals surface area contributed by atoms with Gasteiger partial charge in [-0.15, -0.1) is 0 Å². The molecule has 7 nitrogen and oxygen atoms in total. The van der Waals surface area contributed by atoms with Crippen LogP contribution in [0.1, 0.15) is 6.92 Å². The van der Waals surface area contributed by atoms with E-state index < -0.39 is 18.4 Å². The van der Waals surface area contributed by atoms with E-state index in [4.69, 9.17) is 4.74 Å². The molecule has 1 atom stereocenters. The molecule has 0 aliphatic carbocycles. The zero-order valence-corrected chi connectivity index (χ0v) is 8.93. The Labute approximate surface area is 87.4 Å². The lowest BCUT2D eigenvalue weighted by Crippen LogP contribution is -2.69. The average molecular weight is 218 g/mol. The topological polar surface area (TPSA) is 68.3 Å². The van der Waals surface area contributed by atoms with Crippen LogP contribution in [0, 0.1) is 0 Å². The molecule has 15 heavy (non-hydrogen) atoms. The third kappa shape index (κ3) is 2.12. The highest BCUT2D eigenvalue weighted by Crippen LogP contribution is 2.21. The Bertz CT molecular complexity index is 257. The van der Waals surface area contributed by atoms with E-state index in [-0.39, 0.29) is 6.54 Å². The number of methoxy groups -OCH3 is 2. The Hall–Kier alpha value is -1.50. The quantitative estimate of drug-likeness (QED) is 0.671. The Morgan fingerprint density at radius 3 is 2.33 bits per heavy atom. The number of nitrogens with zero attached hydrogens (tertiary/aromatic N) is 2. The summed E-state index contributed by atoms with van der Waals surface area (Å²) in [5.74, 6) is 0. The van der Waals surface area contributed by atoms with Gasteiger partial charge in [0.25, 0.3) is 0 Å². The number of hydrogen-bond acceptors (Lipinski definition) is 5. The van der Waals surface area contributed by atoms with Gasteiger partial charge in [0.1, 0.15) is 0 Å². The van der Waals surface area contributed by atoms with E-state index >= 15 is 0 Å². The lowest BCUT2D eigenvalue weighted by Gasteiger charge is -2.47. The molecule has 1 saturated heterocycles. The van der Waals surface area contributed by atoms with Gasteiger partial charge in [-0.2, -0.15) is 5.01 Å². The maximum absolute atomic E-state index is 11.3. The van der Waals surface area contributed by atoms with E-state index in [0.29, 0.717) is 6.61 Å². The minimum Gasteiger partial charge on any atom is -0.452 e. The van der Waals surface area contributed by atoms with Gasteiger partial charge >= 0.3 is 12.2 Å². The van der Waals surface area contributed by atoms with E-state index in [1.54, 1.807) is 6.92 Å². The van der Waals surface area contributed by atoms with Gasteiger partial charge in [0.2, 0.25) is 0 Å². The molecule has 2 amide bonds. The Balaban J connectivity index is 2.63. The second-order valence-corrected chi connectivity index (χ2v) is 2.78. The summed E-state index contributed by atoms with van der Waals surface area (Å²) in [5, 5.41) is 2.20. The summed E-state index contributed by atoms with van der Waals surface area (Å²) in [7, 11) is 2.48. The summed E-state index contributed by atoms with van der Waals surface area (Å²) in [6.45, 7) is 2.54. The van der Waals surface area contributed by atoms with Crippen molar-refractivity contribution in [2.24, 2.45) is 0 Å². The highest BCUT2D eigenvalue weighted by atomic mass is 16.6. The largest absolute Gasteiger partial charge is 0.452 e. The summed E-state index contributed by atoms with van der Waals surface area (Å²) in [4.78, 5) is 22.5. The van der Waals surface area contributed by atoms with Crippen LogP contribution in [0.4, 0.5) is 9.59 Å². The number of carbonyl (C=O) groups is 2. The van der Waals surface area contributed by atoms with E-state index in [2.05, 4.69) is 9.47 Å². The lowest BCUT2D eigenvalue weighted by molar-refractivity contribution is -0.217. The highest BCUT2D eigenvalue weighted by molar-refractivity contribution is 5.76. The molecule has 1 aliphatic rings. The van der Waals surface area contributed by atoms with Gasteiger partial charge in [0.05, 0.1) is 20.8 Å². The Morgan fingerprint density at radius 2 is 1.87 bits per heavy atom. The van der Waals surface area contributed by atoms with Crippen molar-refractivity contribution < 1.29 is 23.8 Å². The fourth-order valence-electron chi connectivity index (χ4n) is 1.27. The average Bonchev–Trinajstić information content (AvgIpc) is 2.22. The molecule has 0 aromatic rings. The van der Waals surface area contributed by atoms with E-state index in [1.807, 2.05) is 0 Å². The third-order valence-electron chi connectivity index (χ3n) is 1.97. The summed E-state index contributed by atoms with van der Waals surface area (Å²) >= 11 is 0. The molecule has 0 radical (unpaired) electrons. The normalized spacial score (nSPS) is 19.5. The van der Waals surface area contributed by atoms with Crippen LogP contribution >= 0.6 is 0 Å². The molecule has 1 heterocycles. The summed E-state index contributed by atoms with van der Waals surface area (Å²) < 4.78 is 14.2. The third-order valence-corrected chi connectivity index (χ3v) is 1.97. The van der Waals surface area contributed by atoms with Crippen molar-refractivity contribution in [1.82, 2.24) is 10.0 Å². The molecular weight excluding hydrogens is 204 g/mol. The van der Waals surface area contributed by atoms with Gasteiger partial charge in [0, 0.05) is 6.61 Å². The molecule has 0 spiro atoms. The second kappa shape index (κ2) is 4.83. The monoisotopic (exact) mass is 218 g/mol. The summed E-state index contributed by atoms with van der Waals surface area (Å²) in [6.07, 6.45) is -1.72. The first-order valence-electron chi connectivity index (χ1n) is 4.49. The molecular formula is C8H14N2O5. The molecule has 1 rings (SSSR count). The Morgan fingerprint density at radius 1 is 1.27 bits per heavy atom. The van der Waals surface area contributed by atoms with Crippen molar-refractivity contribution >= 4 is 12.2 Å². The zero-order valence-electron chi connectivity index (χ0n) is 8.93. The minimum atomic E-state index is -0.648. The van der Waals surface area contributed by atoms with Crippen LogP contribution in [0.5, 0.6) is 0 Å². The van der Waals surface area contributed by atoms with Gasteiger partial charge in [-0.1, -0.05) is 0 Å². The van der Waals surface area contributed by atoms with Gasteiger partial charge < -0.3 is 14.2 Å². The van der Waals surface area contributed by atoms with Crippen LogP contribution in [0.25, 0.3) is 0 Å². The van der Waals surface area contributed by atoms with Crippen LogP contribution < -0.4 is 0 Å². The number of hydrazine groups is 1. The maximum Gasteiger partial charge on any atom is 0.431 e. The molecule has 0 N–H and O–H groups in total. The fourth-order valence-corrected chi connectivity index (χ4v) is 1.27. The number of rotatable bonds is 2. The van der Waals surface area contributed by atoms with Crippen molar-refractivity contribution in [2.75, 3.05) is 27.4 Å². The highest BCUT2D eigenvalue weighted by Gasteiger charge is 2.45. The molecule has 0 aromatic heterocycles. The second-order valence-electron chi connectivity index (χ2n) is 2.78. The predicted octanol–water partition coefficient (Wildman–Crippen LogP) is 0.414. The van der Waals surface area contributed by atoms with Crippen molar-refractivity contribution in [3.05, 3.63) is 0 Å². The van der Waals surface area contributed by atoms with Gasteiger partial charge in [-0.3, -0.25) is 0 Å². The molecule has 1 fully saturated rings. The fraction of sp³-hybridized carbons (Fsp3) is 0.750. The van der Waals surface area contributed by atoms with Crippen molar-refractivity contribution in [3.63, 3.8) is 0 Å². The van der Waals surface area contributed by atoms with Crippen LogP contribution in [0.3, 0.4) is 0 Å². The molecule has 0 aromatic carbocycles. The molecule has 7 heteroatoms. The number of hydrogen-bond donors (Lipinski definition) is 0. The number of amides is 2. The first-order chi connectivity index (χ1) is 7.15. The van der Waals surface area contributed by atoms with Crippen molar-refractivity contribution in [3.8, 4) is 0 Å².